The normalized spacial score (nSPS) is 23.9. The largest absolute Gasteiger partial charge is 0.305 e. The van der Waals surface area contributed by atoms with Crippen molar-refractivity contribution in [2.24, 2.45) is 0 Å². The summed E-state index contributed by atoms with van der Waals surface area (Å²) in [6.07, 6.45) is 1.18. The Morgan fingerprint density at radius 2 is 2.31 bits per heavy atom. The third-order valence-electron chi connectivity index (χ3n) is 2.73. The highest BCUT2D eigenvalue weighted by Crippen LogP contribution is 2.40. The highest BCUT2D eigenvalue weighted by Gasteiger charge is 2.24. The second-order valence-electron chi connectivity index (χ2n) is 4.15. The predicted octanol–water partition coefficient (Wildman–Crippen LogP) is 4.11. The SMILES string of the molecule is C=C(Br)CNC1CC(C)Sc2ccccc21. The highest BCUT2D eigenvalue weighted by molar-refractivity contribution is 9.11. The van der Waals surface area contributed by atoms with Gasteiger partial charge in [-0.2, -0.15) is 0 Å². The molecule has 1 heterocycles. The van der Waals surface area contributed by atoms with Crippen molar-refractivity contribution in [3.8, 4) is 0 Å². The molecule has 1 aliphatic rings. The molecule has 2 unspecified atom stereocenters. The number of halogens is 1. The Morgan fingerprint density at radius 3 is 3.06 bits per heavy atom. The van der Waals surface area contributed by atoms with Crippen molar-refractivity contribution in [2.45, 2.75) is 29.5 Å². The first-order valence-electron chi connectivity index (χ1n) is 5.49. The molecule has 1 nitrogen and oxygen atoms in total. The summed E-state index contributed by atoms with van der Waals surface area (Å²) in [5.74, 6) is 0. The topological polar surface area (TPSA) is 12.0 Å². The quantitative estimate of drug-likeness (QED) is 0.901. The number of hydrogen-bond donors (Lipinski definition) is 1. The molecule has 1 aromatic rings. The van der Waals surface area contributed by atoms with E-state index in [-0.39, 0.29) is 0 Å². The van der Waals surface area contributed by atoms with Gasteiger partial charge in [-0.25, -0.2) is 0 Å². The maximum Gasteiger partial charge on any atom is 0.0345 e. The van der Waals surface area contributed by atoms with Crippen LogP contribution in [0.2, 0.25) is 0 Å². The molecule has 0 radical (unpaired) electrons. The van der Waals surface area contributed by atoms with E-state index in [1.807, 2.05) is 11.8 Å². The van der Waals surface area contributed by atoms with Crippen molar-refractivity contribution in [1.29, 1.82) is 0 Å². The average molecular weight is 298 g/mol. The molecule has 0 saturated heterocycles. The van der Waals surface area contributed by atoms with Gasteiger partial charge >= 0.3 is 0 Å². The van der Waals surface area contributed by atoms with Crippen molar-refractivity contribution in [3.63, 3.8) is 0 Å². The summed E-state index contributed by atoms with van der Waals surface area (Å²) < 4.78 is 1.01. The van der Waals surface area contributed by atoms with Gasteiger partial charge in [0.25, 0.3) is 0 Å². The summed E-state index contributed by atoms with van der Waals surface area (Å²) in [5.41, 5.74) is 1.43. The Morgan fingerprint density at radius 1 is 1.56 bits per heavy atom. The Hall–Kier alpha value is -0.250. The van der Waals surface area contributed by atoms with Gasteiger partial charge in [0.15, 0.2) is 0 Å². The molecule has 0 spiro atoms. The summed E-state index contributed by atoms with van der Waals surface area (Å²) >= 11 is 5.37. The van der Waals surface area contributed by atoms with E-state index in [0.717, 1.165) is 11.0 Å². The van der Waals surface area contributed by atoms with E-state index in [9.17, 15) is 0 Å². The van der Waals surface area contributed by atoms with Crippen LogP contribution in [0, 0.1) is 0 Å². The minimum atomic E-state index is 0.460. The fraction of sp³-hybridized carbons (Fsp3) is 0.385. The molecule has 3 heteroatoms. The van der Waals surface area contributed by atoms with Crippen LogP contribution in [-0.4, -0.2) is 11.8 Å². The molecule has 0 aliphatic carbocycles. The molecule has 1 aliphatic heterocycles. The van der Waals surface area contributed by atoms with Gasteiger partial charge < -0.3 is 5.32 Å². The molecule has 0 aromatic heterocycles. The lowest BCUT2D eigenvalue weighted by Gasteiger charge is -2.30. The van der Waals surface area contributed by atoms with Gasteiger partial charge in [-0.3, -0.25) is 0 Å². The zero-order valence-electron chi connectivity index (χ0n) is 9.37. The van der Waals surface area contributed by atoms with Crippen molar-refractivity contribution >= 4 is 27.7 Å². The molecule has 2 atom stereocenters. The smallest absolute Gasteiger partial charge is 0.0345 e. The van der Waals surface area contributed by atoms with Gasteiger partial charge in [0, 0.05) is 27.2 Å². The number of fused-ring (bicyclic) bond motifs is 1. The Labute approximate surface area is 110 Å². The summed E-state index contributed by atoms with van der Waals surface area (Å²) in [6, 6.07) is 9.13. The number of benzene rings is 1. The molecule has 16 heavy (non-hydrogen) atoms. The van der Waals surface area contributed by atoms with Crippen molar-refractivity contribution < 1.29 is 0 Å². The standard InChI is InChI=1S/C13H16BrNS/c1-9(14)8-15-12-7-10(2)16-13-6-4-3-5-11(12)13/h3-6,10,12,15H,1,7-8H2,2H3. The van der Waals surface area contributed by atoms with E-state index in [4.69, 9.17) is 0 Å². The molecular weight excluding hydrogens is 282 g/mol. The molecule has 0 amide bonds. The molecule has 1 aromatic carbocycles. The molecule has 1 N–H and O–H groups in total. The summed E-state index contributed by atoms with van der Waals surface area (Å²) in [6.45, 7) is 6.98. The molecular formula is C13H16BrNS. The lowest BCUT2D eigenvalue weighted by molar-refractivity contribution is 0.510. The first kappa shape index (κ1) is 12.2. The third-order valence-corrected chi connectivity index (χ3v) is 4.23. The maximum atomic E-state index is 3.86. The van der Waals surface area contributed by atoms with E-state index < -0.39 is 0 Å². The van der Waals surface area contributed by atoms with Crippen LogP contribution >= 0.6 is 27.7 Å². The molecule has 86 valence electrons. The van der Waals surface area contributed by atoms with Crippen LogP contribution in [0.3, 0.4) is 0 Å². The first-order chi connectivity index (χ1) is 7.66. The van der Waals surface area contributed by atoms with E-state index in [0.29, 0.717) is 11.3 Å². The van der Waals surface area contributed by atoms with Crippen molar-refractivity contribution in [3.05, 3.63) is 40.9 Å². The second-order valence-corrected chi connectivity index (χ2v) is 6.75. The average Bonchev–Trinajstić information content (AvgIpc) is 2.25. The van der Waals surface area contributed by atoms with E-state index in [1.54, 1.807) is 0 Å². The van der Waals surface area contributed by atoms with E-state index in [2.05, 4.69) is 59.0 Å². The van der Waals surface area contributed by atoms with Crippen LogP contribution in [0.25, 0.3) is 0 Å². The summed E-state index contributed by atoms with van der Waals surface area (Å²) in [4.78, 5) is 1.42. The molecule has 0 fully saturated rings. The Kier molecular flexibility index (Phi) is 4.11. The van der Waals surface area contributed by atoms with Crippen LogP contribution in [0.15, 0.2) is 40.2 Å². The predicted molar refractivity (Wildman–Crippen MR) is 75.2 cm³/mol. The Bertz CT molecular complexity index is 391. The minimum absolute atomic E-state index is 0.460. The molecule has 2 rings (SSSR count). The minimum Gasteiger partial charge on any atom is -0.305 e. The van der Waals surface area contributed by atoms with E-state index in [1.165, 1.54) is 16.9 Å². The lowest BCUT2D eigenvalue weighted by Crippen LogP contribution is -2.27. The molecule has 0 bridgehead atoms. The van der Waals surface area contributed by atoms with Crippen LogP contribution < -0.4 is 5.32 Å². The van der Waals surface area contributed by atoms with Crippen LogP contribution in [0.4, 0.5) is 0 Å². The maximum absolute atomic E-state index is 3.86. The first-order valence-corrected chi connectivity index (χ1v) is 7.16. The van der Waals surface area contributed by atoms with Crippen LogP contribution in [0.5, 0.6) is 0 Å². The van der Waals surface area contributed by atoms with Gasteiger partial charge in [-0.05, 0) is 18.1 Å². The summed E-state index contributed by atoms with van der Waals surface area (Å²) in [7, 11) is 0. The third kappa shape index (κ3) is 2.90. The number of thioether (sulfide) groups is 1. The summed E-state index contributed by atoms with van der Waals surface area (Å²) in [5, 5.41) is 4.22. The van der Waals surface area contributed by atoms with Gasteiger partial charge in [0.2, 0.25) is 0 Å². The van der Waals surface area contributed by atoms with Crippen molar-refractivity contribution in [1.82, 2.24) is 5.32 Å². The van der Waals surface area contributed by atoms with Crippen LogP contribution in [-0.2, 0) is 0 Å². The number of nitrogens with one attached hydrogen (secondary N) is 1. The van der Waals surface area contributed by atoms with Gasteiger partial charge in [0.1, 0.15) is 0 Å². The highest BCUT2D eigenvalue weighted by atomic mass is 79.9. The van der Waals surface area contributed by atoms with Crippen molar-refractivity contribution in [2.75, 3.05) is 6.54 Å². The van der Waals surface area contributed by atoms with Gasteiger partial charge in [-0.1, -0.05) is 47.6 Å². The molecule has 0 saturated carbocycles. The fourth-order valence-electron chi connectivity index (χ4n) is 2.03. The van der Waals surface area contributed by atoms with Gasteiger partial charge in [-0.15, -0.1) is 11.8 Å². The number of rotatable bonds is 3. The van der Waals surface area contributed by atoms with Crippen LogP contribution in [0.1, 0.15) is 24.9 Å². The number of hydrogen-bond acceptors (Lipinski definition) is 2. The second kappa shape index (κ2) is 5.39. The lowest BCUT2D eigenvalue weighted by atomic mass is 10.0. The Balaban J connectivity index is 2.16. The monoisotopic (exact) mass is 297 g/mol. The van der Waals surface area contributed by atoms with E-state index >= 15 is 0 Å². The zero-order valence-corrected chi connectivity index (χ0v) is 11.8. The fourth-order valence-corrected chi connectivity index (χ4v) is 3.41. The zero-order chi connectivity index (χ0) is 11.5. The van der Waals surface area contributed by atoms with Gasteiger partial charge in [0.05, 0.1) is 0 Å².